The number of allylic oxidation sites excluding steroid dienone is 2. The Kier molecular flexibility index (Phi) is 4.80. The summed E-state index contributed by atoms with van der Waals surface area (Å²) in [6.07, 6.45) is 16.9. The first kappa shape index (κ1) is 22.2. The molecule has 0 bridgehead atoms. The number of aliphatic hydroxyl groups excluding tert-OH is 1. The van der Waals surface area contributed by atoms with E-state index < -0.39 is 0 Å². The zero-order valence-electron chi connectivity index (χ0n) is 21.0. The second kappa shape index (κ2) is 6.71. The fourth-order valence-electron chi connectivity index (χ4n) is 10.9. The maximum atomic E-state index is 11.4. The average Bonchev–Trinajstić information content (AvgIpc) is 3.27. The van der Waals surface area contributed by atoms with Crippen LogP contribution in [0.5, 0.6) is 0 Å². The summed E-state index contributed by atoms with van der Waals surface area (Å²) >= 11 is 0. The molecule has 31 heavy (non-hydrogen) atoms. The summed E-state index contributed by atoms with van der Waals surface area (Å²) in [7, 11) is 0. The largest absolute Gasteiger partial charge is 0.393 e. The van der Waals surface area contributed by atoms with Crippen LogP contribution in [0.25, 0.3) is 0 Å². The van der Waals surface area contributed by atoms with Crippen molar-refractivity contribution in [3.63, 3.8) is 0 Å². The monoisotopic (exact) mass is 426 g/mol. The van der Waals surface area contributed by atoms with Gasteiger partial charge in [0.15, 0.2) is 5.78 Å². The third kappa shape index (κ3) is 2.64. The Labute approximate surface area is 190 Å². The Balaban J connectivity index is 1.42. The number of fused-ring (bicyclic) bond motifs is 2. The number of carbonyl (C=O) groups is 1. The lowest BCUT2D eigenvalue weighted by Gasteiger charge is -2.63. The van der Waals surface area contributed by atoms with E-state index in [-0.39, 0.29) is 17.3 Å². The first-order valence-electron chi connectivity index (χ1n) is 13.3. The van der Waals surface area contributed by atoms with Crippen molar-refractivity contribution < 1.29 is 9.90 Å². The summed E-state index contributed by atoms with van der Waals surface area (Å²) in [6.45, 7) is 14.2. The molecule has 2 nitrogen and oxygen atoms in total. The Morgan fingerprint density at radius 2 is 1.61 bits per heavy atom. The number of aliphatic hydroxyl groups is 1. The van der Waals surface area contributed by atoms with Crippen LogP contribution in [0.1, 0.15) is 106 Å². The van der Waals surface area contributed by atoms with Crippen LogP contribution in [0.3, 0.4) is 0 Å². The van der Waals surface area contributed by atoms with Gasteiger partial charge in [-0.25, -0.2) is 0 Å². The van der Waals surface area contributed by atoms with E-state index in [1.165, 1.54) is 51.4 Å². The molecule has 2 heteroatoms. The molecular formula is C29H46O2. The van der Waals surface area contributed by atoms with Crippen LogP contribution in [0.15, 0.2) is 12.2 Å². The van der Waals surface area contributed by atoms with Gasteiger partial charge in [-0.05, 0) is 128 Å². The van der Waals surface area contributed by atoms with Crippen molar-refractivity contribution in [2.45, 2.75) is 112 Å². The summed E-state index contributed by atoms with van der Waals surface area (Å²) in [6, 6.07) is 0. The van der Waals surface area contributed by atoms with E-state index in [0.717, 1.165) is 30.6 Å². The van der Waals surface area contributed by atoms with E-state index in [4.69, 9.17) is 0 Å². The van der Waals surface area contributed by atoms with Crippen LogP contribution < -0.4 is 0 Å². The number of ketones is 1. The number of rotatable bonds is 4. The topological polar surface area (TPSA) is 37.3 Å². The van der Waals surface area contributed by atoms with Gasteiger partial charge in [-0.3, -0.25) is 4.79 Å². The molecule has 5 rings (SSSR count). The lowest BCUT2D eigenvalue weighted by molar-refractivity contribution is -0.161. The molecule has 2 spiro atoms. The first-order chi connectivity index (χ1) is 14.4. The molecule has 5 aliphatic rings. The Hall–Kier alpha value is -0.630. The molecule has 174 valence electrons. The Bertz CT molecular complexity index is 797. The first-order valence-corrected chi connectivity index (χ1v) is 13.3. The minimum atomic E-state index is -0.110. The summed E-state index contributed by atoms with van der Waals surface area (Å²) in [4.78, 5) is 11.4. The molecule has 0 aromatic carbocycles. The van der Waals surface area contributed by atoms with E-state index in [1.807, 2.05) is 0 Å². The molecule has 5 fully saturated rings. The van der Waals surface area contributed by atoms with Gasteiger partial charge in [-0.2, -0.15) is 0 Å². The van der Waals surface area contributed by atoms with Gasteiger partial charge in [-0.1, -0.05) is 40.7 Å². The zero-order valence-corrected chi connectivity index (χ0v) is 21.0. The predicted molar refractivity (Wildman–Crippen MR) is 126 cm³/mol. The minimum Gasteiger partial charge on any atom is -0.393 e. The Morgan fingerprint density at radius 3 is 2.32 bits per heavy atom. The fourth-order valence-corrected chi connectivity index (χ4v) is 10.9. The molecule has 0 aromatic rings. The van der Waals surface area contributed by atoms with Crippen molar-refractivity contribution in [2.75, 3.05) is 0 Å². The molecule has 0 aromatic heterocycles. The average molecular weight is 427 g/mol. The molecule has 0 heterocycles. The Morgan fingerprint density at radius 1 is 0.935 bits per heavy atom. The third-order valence-electron chi connectivity index (χ3n) is 12.7. The van der Waals surface area contributed by atoms with Gasteiger partial charge >= 0.3 is 0 Å². The van der Waals surface area contributed by atoms with E-state index in [1.54, 1.807) is 13.0 Å². The summed E-state index contributed by atoms with van der Waals surface area (Å²) in [5, 5.41) is 10.8. The smallest absolute Gasteiger partial charge is 0.152 e. The van der Waals surface area contributed by atoms with E-state index >= 15 is 0 Å². The summed E-state index contributed by atoms with van der Waals surface area (Å²) in [5.74, 6) is 3.21. The lowest BCUT2D eigenvalue weighted by Crippen LogP contribution is -2.57. The highest BCUT2D eigenvalue weighted by molar-refractivity contribution is 5.87. The van der Waals surface area contributed by atoms with Crippen molar-refractivity contribution in [3.05, 3.63) is 12.2 Å². The van der Waals surface area contributed by atoms with Gasteiger partial charge in [0.05, 0.1) is 6.10 Å². The molecule has 5 saturated carbocycles. The summed E-state index contributed by atoms with van der Waals surface area (Å²) < 4.78 is 0. The van der Waals surface area contributed by atoms with Crippen LogP contribution in [0, 0.1) is 50.7 Å². The van der Waals surface area contributed by atoms with Crippen LogP contribution in [0.2, 0.25) is 0 Å². The van der Waals surface area contributed by atoms with Gasteiger partial charge in [0.1, 0.15) is 0 Å². The molecular weight excluding hydrogens is 380 g/mol. The molecule has 0 amide bonds. The normalized spacial score (nSPS) is 53.3. The van der Waals surface area contributed by atoms with Crippen LogP contribution in [0.4, 0.5) is 0 Å². The van der Waals surface area contributed by atoms with Gasteiger partial charge in [0, 0.05) is 0 Å². The number of hydrogen-bond acceptors (Lipinski definition) is 2. The van der Waals surface area contributed by atoms with E-state index in [0.29, 0.717) is 27.6 Å². The highest BCUT2D eigenvalue weighted by Gasteiger charge is 2.82. The molecule has 0 radical (unpaired) electrons. The second-order valence-corrected chi connectivity index (χ2v) is 13.8. The predicted octanol–water partition coefficient (Wildman–Crippen LogP) is 6.96. The minimum absolute atomic E-state index is 0.0874. The van der Waals surface area contributed by atoms with Gasteiger partial charge in [0.2, 0.25) is 0 Å². The van der Waals surface area contributed by atoms with Gasteiger partial charge in [0.25, 0.3) is 0 Å². The molecule has 5 aliphatic carbocycles. The summed E-state index contributed by atoms with van der Waals surface area (Å²) in [5.41, 5.74) is 2.10. The number of carbonyl (C=O) groups excluding carboxylic acids is 1. The highest BCUT2D eigenvalue weighted by atomic mass is 16.3. The van der Waals surface area contributed by atoms with Crippen molar-refractivity contribution in [2.24, 2.45) is 50.7 Å². The van der Waals surface area contributed by atoms with E-state index in [2.05, 4.69) is 40.7 Å². The van der Waals surface area contributed by atoms with Gasteiger partial charge < -0.3 is 5.11 Å². The van der Waals surface area contributed by atoms with E-state index in [9.17, 15) is 9.90 Å². The van der Waals surface area contributed by atoms with Crippen molar-refractivity contribution in [1.29, 1.82) is 0 Å². The SMILES string of the molecule is CC(=O)C=CCC(C)C1CCC2(C)C3CCC4C(C)(C)C(O)CCC45CC35CCC12C. The molecule has 9 unspecified atom stereocenters. The molecule has 9 atom stereocenters. The van der Waals surface area contributed by atoms with Crippen LogP contribution in [-0.4, -0.2) is 17.0 Å². The van der Waals surface area contributed by atoms with Crippen molar-refractivity contribution in [3.8, 4) is 0 Å². The second-order valence-electron chi connectivity index (χ2n) is 13.8. The van der Waals surface area contributed by atoms with Crippen LogP contribution >= 0.6 is 0 Å². The zero-order chi connectivity index (χ0) is 22.4. The fraction of sp³-hybridized carbons (Fsp3) is 0.897. The quantitative estimate of drug-likeness (QED) is 0.493. The molecule has 0 saturated heterocycles. The maximum Gasteiger partial charge on any atom is 0.152 e. The highest BCUT2D eigenvalue weighted by Crippen LogP contribution is 2.89. The molecule has 0 aliphatic heterocycles. The standard InChI is InChI=1S/C29H46O2/c1-19(8-7-9-20(2)30)21-12-14-27(6)23-11-10-22-25(3,4)24(31)13-15-28(22)18-29(23,28)17-16-26(21,27)5/h7,9,19,21-24,31H,8,10-18H2,1-6H3. The third-order valence-corrected chi connectivity index (χ3v) is 12.7. The van der Waals surface area contributed by atoms with Crippen molar-refractivity contribution in [1.82, 2.24) is 0 Å². The lowest BCUT2D eigenvalue weighted by atomic mass is 9.42. The maximum absolute atomic E-state index is 11.4. The molecule has 1 N–H and O–H groups in total. The van der Waals surface area contributed by atoms with Gasteiger partial charge in [-0.15, -0.1) is 0 Å². The van der Waals surface area contributed by atoms with Crippen molar-refractivity contribution >= 4 is 5.78 Å². The number of hydrogen-bond donors (Lipinski definition) is 1. The van der Waals surface area contributed by atoms with Crippen LogP contribution in [-0.2, 0) is 4.79 Å².